The highest BCUT2D eigenvalue weighted by Crippen LogP contribution is 2.20. The van der Waals surface area contributed by atoms with Gasteiger partial charge in [0.15, 0.2) is 0 Å². The van der Waals surface area contributed by atoms with E-state index in [1.807, 2.05) is 19.2 Å². The molecule has 3 nitrogen and oxygen atoms in total. The summed E-state index contributed by atoms with van der Waals surface area (Å²) in [7, 11) is 1.85. The molecular formula is C13H15N3. The molecule has 3 heteroatoms. The van der Waals surface area contributed by atoms with E-state index < -0.39 is 0 Å². The van der Waals surface area contributed by atoms with Crippen molar-refractivity contribution < 1.29 is 0 Å². The molecule has 0 fully saturated rings. The van der Waals surface area contributed by atoms with E-state index in [0.29, 0.717) is 13.1 Å². The van der Waals surface area contributed by atoms with Gasteiger partial charge >= 0.3 is 0 Å². The highest BCUT2D eigenvalue weighted by Gasteiger charge is 2.07. The summed E-state index contributed by atoms with van der Waals surface area (Å²) >= 11 is 0. The number of rotatable bonds is 3. The van der Waals surface area contributed by atoms with Crippen LogP contribution in [0.3, 0.4) is 0 Å². The van der Waals surface area contributed by atoms with Crippen LogP contribution in [0.4, 0.5) is 0 Å². The van der Waals surface area contributed by atoms with E-state index in [4.69, 9.17) is 12.3 Å². The molecule has 2 rings (SSSR count). The average Bonchev–Trinajstić information content (AvgIpc) is 2.57. The Hall–Kier alpha value is -1.76. The number of para-hydroxylation sites is 1. The second-order valence-corrected chi connectivity index (χ2v) is 3.90. The lowest BCUT2D eigenvalue weighted by Crippen LogP contribution is -2.26. The van der Waals surface area contributed by atoms with Crippen LogP contribution in [0.25, 0.3) is 10.9 Å². The van der Waals surface area contributed by atoms with Gasteiger partial charge in [-0.15, -0.1) is 6.42 Å². The van der Waals surface area contributed by atoms with Crippen LogP contribution < -0.4 is 5.84 Å². The molecule has 0 bridgehead atoms. The number of hydrazine groups is 1. The van der Waals surface area contributed by atoms with Crippen LogP contribution in [0, 0.1) is 12.3 Å². The Morgan fingerprint density at radius 1 is 1.44 bits per heavy atom. The molecule has 0 spiro atoms. The SMILES string of the molecule is C#CCn1c(CN(C)N)cc2ccccc21. The minimum absolute atomic E-state index is 0.580. The molecule has 0 radical (unpaired) electrons. The second-order valence-electron chi connectivity index (χ2n) is 3.90. The second kappa shape index (κ2) is 4.40. The predicted molar refractivity (Wildman–Crippen MR) is 66.4 cm³/mol. The third kappa shape index (κ3) is 1.94. The van der Waals surface area contributed by atoms with Gasteiger partial charge in [-0.25, -0.2) is 5.01 Å². The van der Waals surface area contributed by atoms with Crippen molar-refractivity contribution in [1.29, 1.82) is 0 Å². The number of terminal acetylenes is 1. The Balaban J connectivity index is 2.54. The summed E-state index contributed by atoms with van der Waals surface area (Å²) in [5.74, 6) is 8.36. The summed E-state index contributed by atoms with van der Waals surface area (Å²) in [6.07, 6.45) is 5.39. The molecule has 0 saturated carbocycles. The topological polar surface area (TPSA) is 34.2 Å². The van der Waals surface area contributed by atoms with Crippen LogP contribution in [0.2, 0.25) is 0 Å². The van der Waals surface area contributed by atoms with Crippen molar-refractivity contribution in [2.75, 3.05) is 7.05 Å². The van der Waals surface area contributed by atoms with Crippen molar-refractivity contribution in [2.24, 2.45) is 5.84 Å². The maximum Gasteiger partial charge on any atom is 0.0838 e. The fourth-order valence-corrected chi connectivity index (χ4v) is 1.93. The zero-order valence-electron chi connectivity index (χ0n) is 9.35. The quantitative estimate of drug-likeness (QED) is 0.477. The van der Waals surface area contributed by atoms with Crippen LogP contribution in [-0.4, -0.2) is 16.6 Å². The number of nitrogens with zero attached hydrogens (tertiary/aromatic N) is 2. The lowest BCUT2D eigenvalue weighted by Gasteiger charge is -2.11. The van der Waals surface area contributed by atoms with Gasteiger partial charge in [-0.3, -0.25) is 5.84 Å². The molecule has 0 unspecified atom stereocenters. The highest BCUT2D eigenvalue weighted by molar-refractivity contribution is 5.81. The van der Waals surface area contributed by atoms with Crippen LogP contribution >= 0.6 is 0 Å². The molecule has 0 aliphatic carbocycles. The Morgan fingerprint density at radius 3 is 2.88 bits per heavy atom. The lowest BCUT2D eigenvalue weighted by molar-refractivity contribution is 0.333. The molecule has 0 aliphatic rings. The standard InChI is InChI=1S/C13H15N3/c1-3-8-16-12(10-15(2)14)9-11-6-4-5-7-13(11)16/h1,4-7,9H,8,10,14H2,2H3. The van der Waals surface area contributed by atoms with Gasteiger partial charge in [-0.2, -0.15) is 0 Å². The van der Waals surface area contributed by atoms with Gasteiger partial charge in [0, 0.05) is 18.3 Å². The molecule has 16 heavy (non-hydrogen) atoms. The first-order valence-corrected chi connectivity index (χ1v) is 5.19. The molecule has 0 atom stereocenters. The molecule has 1 aromatic carbocycles. The molecule has 0 amide bonds. The summed E-state index contributed by atoms with van der Waals surface area (Å²) in [4.78, 5) is 0. The summed E-state index contributed by atoms with van der Waals surface area (Å²) in [5, 5.41) is 2.86. The van der Waals surface area contributed by atoms with E-state index in [9.17, 15) is 0 Å². The normalized spacial score (nSPS) is 10.9. The van der Waals surface area contributed by atoms with Crippen LogP contribution in [-0.2, 0) is 13.1 Å². The first-order chi connectivity index (χ1) is 7.72. The summed E-state index contributed by atoms with van der Waals surface area (Å²) < 4.78 is 2.12. The van der Waals surface area contributed by atoms with Crippen LogP contribution in [0.5, 0.6) is 0 Å². The molecule has 2 N–H and O–H groups in total. The number of fused-ring (bicyclic) bond motifs is 1. The molecule has 0 aliphatic heterocycles. The van der Waals surface area contributed by atoms with E-state index in [1.165, 1.54) is 5.39 Å². The molecule has 82 valence electrons. The average molecular weight is 213 g/mol. The van der Waals surface area contributed by atoms with Gasteiger partial charge in [0.1, 0.15) is 0 Å². The smallest absolute Gasteiger partial charge is 0.0838 e. The van der Waals surface area contributed by atoms with Gasteiger partial charge in [-0.1, -0.05) is 24.1 Å². The maximum atomic E-state index is 5.68. The Morgan fingerprint density at radius 2 is 2.19 bits per heavy atom. The van der Waals surface area contributed by atoms with Crippen molar-refractivity contribution in [2.45, 2.75) is 13.1 Å². The summed E-state index contributed by atoms with van der Waals surface area (Å²) in [5.41, 5.74) is 2.31. The maximum absolute atomic E-state index is 5.68. The Bertz CT molecular complexity index is 532. The van der Waals surface area contributed by atoms with Gasteiger partial charge in [0.05, 0.1) is 13.1 Å². The first kappa shape index (κ1) is 10.7. The molecule has 0 saturated heterocycles. The third-order valence-electron chi connectivity index (χ3n) is 2.56. The number of hydrogen-bond acceptors (Lipinski definition) is 2. The van der Waals surface area contributed by atoms with Crippen LogP contribution in [0.1, 0.15) is 5.69 Å². The number of hydrogen-bond donors (Lipinski definition) is 1. The minimum Gasteiger partial charge on any atom is -0.332 e. The van der Waals surface area contributed by atoms with Gasteiger partial charge in [-0.05, 0) is 17.5 Å². The van der Waals surface area contributed by atoms with E-state index >= 15 is 0 Å². The molecule has 1 heterocycles. The predicted octanol–water partition coefficient (Wildman–Crippen LogP) is 1.58. The molecule has 1 aromatic heterocycles. The van der Waals surface area contributed by atoms with E-state index in [0.717, 1.165) is 11.2 Å². The largest absolute Gasteiger partial charge is 0.332 e. The van der Waals surface area contributed by atoms with E-state index in [-0.39, 0.29) is 0 Å². The molecule has 2 aromatic rings. The van der Waals surface area contributed by atoms with E-state index in [2.05, 4.69) is 28.7 Å². The highest BCUT2D eigenvalue weighted by atomic mass is 15.4. The number of aromatic nitrogens is 1. The van der Waals surface area contributed by atoms with Gasteiger partial charge in [0.2, 0.25) is 0 Å². The number of benzene rings is 1. The van der Waals surface area contributed by atoms with Crippen molar-refractivity contribution >= 4 is 10.9 Å². The Labute approximate surface area is 95.4 Å². The monoisotopic (exact) mass is 213 g/mol. The summed E-state index contributed by atoms with van der Waals surface area (Å²) in [6, 6.07) is 10.3. The van der Waals surface area contributed by atoms with Gasteiger partial charge in [0.25, 0.3) is 0 Å². The van der Waals surface area contributed by atoms with Crippen molar-refractivity contribution in [3.8, 4) is 12.3 Å². The minimum atomic E-state index is 0.580. The summed E-state index contributed by atoms with van der Waals surface area (Å²) in [6.45, 7) is 1.27. The Kier molecular flexibility index (Phi) is 2.95. The fourth-order valence-electron chi connectivity index (χ4n) is 1.93. The van der Waals surface area contributed by atoms with Gasteiger partial charge < -0.3 is 4.57 Å². The van der Waals surface area contributed by atoms with Crippen molar-refractivity contribution in [1.82, 2.24) is 9.58 Å². The van der Waals surface area contributed by atoms with E-state index in [1.54, 1.807) is 5.01 Å². The van der Waals surface area contributed by atoms with Crippen molar-refractivity contribution in [3.05, 3.63) is 36.0 Å². The van der Waals surface area contributed by atoms with Crippen LogP contribution in [0.15, 0.2) is 30.3 Å². The third-order valence-corrected chi connectivity index (χ3v) is 2.56. The molecular weight excluding hydrogens is 198 g/mol. The lowest BCUT2D eigenvalue weighted by atomic mass is 10.2. The first-order valence-electron chi connectivity index (χ1n) is 5.19. The van der Waals surface area contributed by atoms with Crippen molar-refractivity contribution in [3.63, 3.8) is 0 Å². The fraction of sp³-hybridized carbons (Fsp3) is 0.231. The zero-order valence-corrected chi connectivity index (χ0v) is 9.35. The number of nitrogens with two attached hydrogens (primary N) is 1. The zero-order chi connectivity index (χ0) is 11.5.